The lowest BCUT2D eigenvalue weighted by Crippen LogP contribution is -2.48. The molecule has 1 amide bonds. The Balaban J connectivity index is 1.56. The van der Waals surface area contributed by atoms with Gasteiger partial charge < -0.3 is 9.39 Å². The van der Waals surface area contributed by atoms with Crippen LogP contribution in [0.1, 0.15) is 50.2 Å². The Bertz CT molecular complexity index is 954. The van der Waals surface area contributed by atoms with Gasteiger partial charge in [0, 0.05) is 30.7 Å². The van der Waals surface area contributed by atoms with Gasteiger partial charge in [0.2, 0.25) is 0 Å². The molecule has 1 fully saturated rings. The average molecular weight is 428 g/mol. The Hall–Kier alpha value is -2.72. The van der Waals surface area contributed by atoms with Gasteiger partial charge in [0.25, 0.3) is 5.91 Å². The lowest BCUT2D eigenvalue weighted by atomic mass is 9.74. The summed E-state index contributed by atoms with van der Waals surface area (Å²) in [6, 6.07) is 9.72. The Kier molecular flexibility index (Phi) is 6.88. The molecular weight excluding hydrogens is 406 g/mol. The molecule has 1 aliphatic carbocycles. The predicted molar refractivity (Wildman–Crippen MR) is 108 cm³/mol. The number of carbonyl (C=O) groups is 1. The number of nitrogens with one attached hydrogen (secondary N) is 1. The van der Waals surface area contributed by atoms with Crippen molar-refractivity contribution in [3.8, 4) is 17.9 Å². The molecule has 3 atom stereocenters. The van der Waals surface area contributed by atoms with Crippen molar-refractivity contribution in [3.63, 3.8) is 0 Å². The fourth-order valence-electron chi connectivity index (χ4n) is 3.58. The summed E-state index contributed by atoms with van der Waals surface area (Å²) in [4.78, 5) is 17.1. The number of carbonyl (C=O) groups excluding carboxylic acids is 1. The van der Waals surface area contributed by atoms with Gasteiger partial charge in [-0.1, -0.05) is 29.1 Å². The SMILES string of the molecule is C[C@@](C[C@H]1CC(c2ccc(C#CC3CC(CC#N)C3)cc2)=NO1)(C(=O)NO)S(=O)[O-]. The van der Waals surface area contributed by atoms with Crippen LogP contribution in [-0.4, -0.2) is 36.4 Å². The van der Waals surface area contributed by atoms with Gasteiger partial charge >= 0.3 is 0 Å². The second-order valence-electron chi connectivity index (χ2n) is 7.82. The summed E-state index contributed by atoms with van der Waals surface area (Å²) < 4.78 is 21.2. The van der Waals surface area contributed by atoms with E-state index in [1.54, 1.807) is 0 Å². The molecule has 1 aliphatic heterocycles. The fraction of sp³-hybridized carbons (Fsp3) is 0.476. The van der Waals surface area contributed by atoms with E-state index in [1.165, 1.54) is 12.4 Å². The Labute approximate surface area is 177 Å². The van der Waals surface area contributed by atoms with Crippen molar-refractivity contribution in [3.05, 3.63) is 35.4 Å². The first-order valence-electron chi connectivity index (χ1n) is 9.61. The van der Waals surface area contributed by atoms with Gasteiger partial charge in [-0.05, 0) is 54.5 Å². The minimum atomic E-state index is -2.74. The van der Waals surface area contributed by atoms with Crippen LogP contribution < -0.4 is 5.48 Å². The highest BCUT2D eigenvalue weighted by atomic mass is 32.2. The van der Waals surface area contributed by atoms with E-state index in [0.29, 0.717) is 30.4 Å². The minimum Gasteiger partial charge on any atom is -0.772 e. The quantitative estimate of drug-likeness (QED) is 0.308. The zero-order valence-electron chi connectivity index (χ0n) is 16.5. The summed E-state index contributed by atoms with van der Waals surface area (Å²) in [7, 11) is 0. The Morgan fingerprint density at radius 1 is 1.43 bits per heavy atom. The van der Waals surface area contributed by atoms with E-state index >= 15 is 0 Å². The third-order valence-electron chi connectivity index (χ3n) is 5.55. The maximum atomic E-state index is 11.8. The lowest BCUT2D eigenvalue weighted by molar-refractivity contribution is -0.132. The maximum absolute atomic E-state index is 11.8. The second kappa shape index (κ2) is 9.40. The summed E-state index contributed by atoms with van der Waals surface area (Å²) >= 11 is -2.74. The number of hydrogen-bond donors (Lipinski definition) is 2. The van der Waals surface area contributed by atoms with Crippen LogP contribution in [0.15, 0.2) is 29.4 Å². The molecule has 1 aromatic rings. The van der Waals surface area contributed by atoms with Crippen LogP contribution in [0.3, 0.4) is 0 Å². The summed E-state index contributed by atoms with van der Waals surface area (Å²) in [6.45, 7) is 1.22. The van der Waals surface area contributed by atoms with Crippen molar-refractivity contribution in [1.82, 2.24) is 5.48 Å². The van der Waals surface area contributed by atoms with E-state index in [1.807, 2.05) is 24.3 Å². The standard InChI is InChI=1S/C21H23N3O5S/c1-21(30(27)28,20(25)23-26)13-18-12-19(24-29-18)17-6-4-14(5-7-17)2-3-15-10-16(11-15)8-9-22/h4-7,15-16,18,26H,8,10-13H2,1H3,(H,23,25)(H,27,28)/p-1/t15?,16?,18-,21-/m1/s1. The number of nitriles is 1. The lowest BCUT2D eigenvalue weighted by Gasteiger charge is -2.30. The van der Waals surface area contributed by atoms with E-state index in [2.05, 4.69) is 23.1 Å². The summed E-state index contributed by atoms with van der Waals surface area (Å²) in [5.74, 6) is 6.22. The number of nitrogens with zero attached hydrogens (tertiary/aromatic N) is 2. The van der Waals surface area contributed by atoms with Crippen molar-refractivity contribution < 1.29 is 23.6 Å². The Morgan fingerprint density at radius 3 is 2.73 bits per heavy atom. The van der Waals surface area contributed by atoms with E-state index in [4.69, 9.17) is 15.3 Å². The van der Waals surface area contributed by atoms with Crippen molar-refractivity contribution in [2.24, 2.45) is 17.0 Å². The molecule has 2 aliphatic rings. The van der Waals surface area contributed by atoms with E-state index in [-0.39, 0.29) is 6.42 Å². The molecule has 30 heavy (non-hydrogen) atoms. The number of oxime groups is 1. The van der Waals surface area contributed by atoms with Crippen LogP contribution in [0, 0.1) is 35.0 Å². The first kappa shape index (κ1) is 22.0. The monoisotopic (exact) mass is 428 g/mol. The van der Waals surface area contributed by atoms with Gasteiger partial charge in [-0.15, -0.1) is 0 Å². The normalized spacial score (nSPS) is 25.3. The molecule has 0 saturated heterocycles. The molecule has 1 heterocycles. The zero-order chi connectivity index (χ0) is 21.7. The first-order chi connectivity index (χ1) is 14.4. The molecule has 158 valence electrons. The van der Waals surface area contributed by atoms with Gasteiger partial charge in [0.1, 0.15) is 10.9 Å². The Morgan fingerprint density at radius 2 is 2.13 bits per heavy atom. The molecule has 9 heteroatoms. The van der Waals surface area contributed by atoms with Crippen molar-refractivity contribution in [2.45, 2.75) is 49.9 Å². The smallest absolute Gasteiger partial charge is 0.260 e. The molecule has 0 bridgehead atoms. The first-order valence-corrected chi connectivity index (χ1v) is 10.7. The number of rotatable bonds is 6. The highest BCUT2D eigenvalue weighted by Crippen LogP contribution is 2.35. The van der Waals surface area contributed by atoms with Gasteiger partial charge in [-0.2, -0.15) is 5.26 Å². The number of amides is 1. The van der Waals surface area contributed by atoms with E-state index < -0.39 is 27.8 Å². The second-order valence-corrected chi connectivity index (χ2v) is 9.19. The van der Waals surface area contributed by atoms with Gasteiger partial charge in [-0.25, -0.2) is 5.48 Å². The molecule has 0 spiro atoms. The molecule has 3 rings (SSSR count). The number of hydrogen-bond acceptors (Lipinski definition) is 7. The molecule has 1 saturated carbocycles. The third kappa shape index (κ3) is 4.88. The van der Waals surface area contributed by atoms with Crippen molar-refractivity contribution in [1.29, 1.82) is 5.26 Å². The highest BCUT2D eigenvalue weighted by Gasteiger charge is 2.40. The summed E-state index contributed by atoms with van der Waals surface area (Å²) in [6.07, 6.45) is 2.18. The number of benzene rings is 1. The summed E-state index contributed by atoms with van der Waals surface area (Å²) in [5, 5.41) is 21.5. The van der Waals surface area contributed by atoms with Crippen LogP contribution in [-0.2, 0) is 20.7 Å². The molecular formula is C21H22N3O5S-. The van der Waals surface area contributed by atoms with Crippen LogP contribution in [0.5, 0.6) is 0 Å². The van der Waals surface area contributed by atoms with Crippen LogP contribution >= 0.6 is 0 Å². The zero-order valence-corrected chi connectivity index (χ0v) is 17.3. The topological polar surface area (TPSA) is 135 Å². The van der Waals surface area contributed by atoms with Crippen molar-refractivity contribution >= 4 is 22.7 Å². The minimum absolute atomic E-state index is 0.139. The molecule has 1 aromatic carbocycles. The molecule has 1 unspecified atom stereocenters. The van der Waals surface area contributed by atoms with Crippen LogP contribution in [0.4, 0.5) is 0 Å². The van der Waals surface area contributed by atoms with E-state index in [0.717, 1.165) is 24.0 Å². The molecule has 0 radical (unpaired) electrons. The summed E-state index contributed by atoms with van der Waals surface area (Å²) in [5.41, 5.74) is 3.76. The predicted octanol–water partition coefficient (Wildman–Crippen LogP) is 2.00. The van der Waals surface area contributed by atoms with Gasteiger partial charge in [0.05, 0.1) is 11.8 Å². The third-order valence-corrected chi connectivity index (χ3v) is 6.64. The van der Waals surface area contributed by atoms with E-state index in [9.17, 15) is 13.6 Å². The highest BCUT2D eigenvalue weighted by molar-refractivity contribution is 7.81. The largest absolute Gasteiger partial charge is 0.772 e. The average Bonchev–Trinajstić information content (AvgIpc) is 3.17. The molecule has 8 nitrogen and oxygen atoms in total. The molecule has 2 N–H and O–H groups in total. The molecule has 0 aromatic heterocycles. The number of hydroxylamine groups is 1. The maximum Gasteiger partial charge on any atom is 0.260 e. The van der Waals surface area contributed by atoms with Gasteiger partial charge in [-0.3, -0.25) is 14.2 Å². The van der Waals surface area contributed by atoms with Gasteiger partial charge in [0.15, 0.2) is 0 Å². The fourth-order valence-corrected chi connectivity index (χ4v) is 4.10. The van der Waals surface area contributed by atoms with Crippen LogP contribution in [0.2, 0.25) is 0 Å². The van der Waals surface area contributed by atoms with Crippen molar-refractivity contribution in [2.75, 3.05) is 0 Å². The van der Waals surface area contributed by atoms with Crippen LogP contribution in [0.25, 0.3) is 0 Å².